The molecule has 0 aliphatic carbocycles. The van der Waals surface area contributed by atoms with Crippen molar-refractivity contribution in [3.8, 4) is 0 Å². The van der Waals surface area contributed by atoms with Crippen molar-refractivity contribution in [1.82, 2.24) is 0 Å². The molecule has 0 amide bonds. The van der Waals surface area contributed by atoms with Crippen LogP contribution in [0.2, 0.25) is 0 Å². The second-order valence-corrected chi connectivity index (χ2v) is 29.3. The highest BCUT2D eigenvalue weighted by molar-refractivity contribution is 7.47. The van der Waals surface area contributed by atoms with Crippen molar-refractivity contribution in [2.75, 3.05) is 39.6 Å². The molecule has 0 saturated carbocycles. The Balaban J connectivity index is 4.46. The predicted octanol–water partition coefficient (Wildman–Crippen LogP) is 23.7. The Morgan fingerprint density at radius 2 is 0.485 bits per heavy atom. The summed E-state index contributed by atoms with van der Waals surface area (Å²) in [4.78, 5) is 58.6. The maximum atomic E-state index is 13.0. The summed E-state index contributed by atoms with van der Waals surface area (Å²) >= 11 is 0. The van der Waals surface area contributed by atoms with Gasteiger partial charge in [0.1, 0.15) is 25.4 Å². The summed E-state index contributed by atoms with van der Waals surface area (Å²) in [6.45, 7) is 2.31. The van der Waals surface area contributed by atoms with Crippen molar-refractivity contribution in [3.63, 3.8) is 0 Å². The molecule has 0 aromatic rings. The van der Waals surface area contributed by atoms with Gasteiger partial charge in [0.2, 0.25) is 0 Å². The zero-order chi connectivity index (χ0) is 75.2. The molecule has 0 aromatic carbocycles. The zero-order valence-electron chi connectivity index (χ0n) is 64.4. The minimum atomic E-state index is -4.94. The zero-order valence-corrected chi connectivity index (χ0v) is 66.2. The molecule has 16 nitrogen and oxygen atoms in total. The lowest BCUT2D eigenvalue weighted by Crippen LogP contribution is -2.30. The molecule has 5 unspecified atom stereocenters. The number of rotatable bonds is 75. The smallest absolute Gasteiger partial charge is 0.463 e. The molecule has 0 spiro atoms. The van der Waals surface area contributed by atoms with E-state index in [0.29, 0.717) is 19.3 Å². The van der Waals surface area contributed by atoms with E-state index in [1.807, 2.05) is 0 Å². The molecular formula is C85H144O16P2. The summed E-state index contributed by atoms with van der Waals surface area (Å²) in [7, 11) is -9.80. The maximum Gasteiger partial charge on any atom is 0.472 e. The van der Waals surface area contributed by atoms with Crippen LogP contribution in [-0.2, 0) is 55.8 Å². The number of phosphoric ester groups is 2. The lowest BCUT2D eigenvalue weighted by Gasteiger charge is -2.21. The molecule has 0 saturated heterocycles. The van der Waals surface area contributed by atoms with Crippen LogP contribution in [0, 0.1) is 0 Å². The van der Waals surface area contributed by atoms with E-state index in [4.69, 9.17) is 32.3 Å². The fourth-order valence-corrected chi connectivity index (χ4v) is 12.1. The highest BCUT2D eigenvalue weighted by atomic mass is 31.2. The lowest BCUT2D eigenvalue weighted by molar-refractivity contribution is -0.161. The minimum absolute atomic E-state index is 0.0845. The summed E-state index contributed by atoms with van der Waals surface area (Å²) in [6, 6.07) is 0. The number of hydrogen-bond donors (Lipinski definition) is 4. The number of hydrogen-bond acceptors (Lipinski definition) is 14. The van der Waals surface area contributed by atoms with E-state index in [1.54, 1.807) is 0 Å². The van der Waals surface area contributed by atoms with Gasteiger partial charge in [0.15, 0.2) is 6.10 Å². The van der Waals surface area contributed by atoms with Crippen LogP contribution in [0.5, 0.6) is 0 Å². The van der Waals surface area contributed by atoms with E-state index in [1.165, 1.54) is 89.9 Å². The first kappa shape index (κ1) is 98.4. The number of esters is 3. The van der Waals surface area contributed by atoms with Gasteiger partial charge in [-0.2, -0.15) is 0 Å². The van der Waals surface area contributed by atoms with Crippen molar-refractivity contribution >= 4 is 33.6 Å². The maximum absolute atomic E-state index is 13.0. The van der Waals surface area contributed by atoms with Gasteiger partial charge in [0, 0.05) is 19.3 Å². The molecule has 0 bridgehead atoms. The Bertz CT molecular complexity index is 2450. The van der Waals surface area contributed by atoms with Gasteiger partial charge < -0.3 is 34.2 Å². The third kappa shape index (κ3) is 78.3. The topological polar surface area (TPSA) is 231 Å². The van der Waals surface area contributed by atoms with Gasteiger partial charge in [0.05, 0.1) is 26.4 Å². The van der Waals surface area contributed by atoms with Gasteiger partial charge in [-0.3, -0.25) is 32.5 Å². The molecule has 0 aliphatic rings. The summed E-state index contributed by atoms with van der Waals surface area (Å²) in [5, 5.41) is 20.6. The van der Waals surface area contributed by atoms with E-state index in [9.17, 15) is 43.5 Å². The second-order valence-electron chi connectivity index (χ2n) is 26.4. The molecule has 0 fully saturated rings. The van der Waals surface area contributed by atoms with Crippen LogP contribution >= 0.6 is 15.6 Å². The predicted molar refractivity (Wildman–Crippen MR) is 426 cm³/mol. The first-order chi connectivity index (χ1) is 50.2. The van der Waals surface area contributed by atoms with E-state index >= 15 is 0 Å². The average Bonchev–Trinajstić information content (AvgIpc) is 0.915. The number of carbonyl (C=O) groups excluding carboxylic acids is 3. The molecule has 0 rings (SSSR count). The Hall–Kier alpha value is -4.57. The van der Waals surface area contributed by atoms with Crippen LogP contribution in [-0.4, -0.2) is 95.9 Å². The number of phosphoric acid groups is 2. The summed E-state index contributed by atoms with van der Waals surface area (Å²) in [6.07, 6.45) is 94.8. The molecule has 0 aromatic heterocycles. The van der Waals surface area contributed by atoms with Gasteiger partial charge in [-0.05, 0) is 135 Å². The molecule has 0 aliphatic heterocycles. The van der Waals surface area contributed by atoms with Crippen molar-refractivity contribution in [2.45, 2.75) is 334 Å². The quantitative estimate of drug-likeness (QED) is 0.0146. The Morgan fingerprint density at radius 1 is 0.272 bits per heavy atom. The van der Waals surface area contributed by atoms with Gasteiger partial charge >= 0.3 is 33.6 Å². The third-order valence-corrected chi connectivity index (χ3v) is 18.4. The molecule has 103 heavy (non-hydrogen) atoms. The fraction of sp³-hybridized carbons (Fsp3) is 0.682. The van der Waals surface area contributed by atoms with Crippen molar-refractivity contribution in [1.29, 1.82) is 0 Å². The Kier molecular flexibility index (Phi) is 73.6. The van der Waals surface area contributed by atoms with E-state index in [0.717, 1.165) is 167 Å². The van der Waals surface area contributed by atoms with Gasteiger partial charge in [0.25, 0.3) is 0 Å². The Morgan fingerprint density at radius 3 is 0.767 bits per heavy atom. The fourth-order valence-electron chi connectivity index (χ4n) is 10.5. The number of aliphatic hydroxyl groups excluding tert-OH is 2. The van der Waals surface area contributed by atoms with E-state index in [2.05, 4.69) is 167 Å². The minimum Gasteiger partial charge on any atom is -0.463 e. The van der Waals surface area contributed by atoms with Crippen LogP contribution in [0.1, 0.15) is 316 Å². The van der Waals surface area contributed by atoms with Crippen LogP contribution < -0.4 is 0 Å². The largest absolute Gasteiger partial charge is 0.472 e. The highest BCUT2D eigenvalue weighted by Gasteiger charge is 2.29. The Labute approximate surface area is 626 Å². The molecule has 5 atom stereocenters. The van der Waals surface area contributed by atoms with Crippen LogP contribution in [0.15, 0.2) is 146 Å². The highest BCUT2D eigenvalue weighted by Crippen LogP contribution is 2.45. The van der Waals surface area contributed by atoms with E-state index in [-0.39, 0.29) is 19.3 Å². The van der Waals surface area contributed by atoms with Crippen LogP contribution in [0.3, 0.4) is 0 Å². The first-order valence-corrected chi connectivity index (χ1v) is 43.1. The summed E-state index contributed by atoms with van der Waals surface area (Å²) in [5.41, 5.74) is 0. The number of carbonyl (C=O) groups is 3. The van der Waals surface area contributed by atoms with Crippen molar-refractivity contribution in [3.05, 3.63) is 146 Å². The monoisotopic (exact) mass is 1480 g/mol. The average molecular weight is 1480 g/mol. The SMILES string of the molecule is CC/C=C\C/C=C\C/C=C\C/C=C\C/C=C\CCCCCCCCCCCCCCCCCCCC(=O)OCC(O)COP(=O)(O)OCC(O)COP(=O)(O)OCC(COC(=O)CCCCCC/C=C\C/C=C\C/C=C\C/C=C\CC)OC(=O)CCCCCCCCC/C=C\C/C=C\C/C=C\CC. The number of unbranched alkanes of at least 4 members (excludes halogenated alkanes) is 28. The van der Waals surface area contributed by atoms with Crippen molar-refractivity contribution in [2.24, 2.45) is 0 Å². The van der Waals surface area contributed by atoms with Gasteiger partial charge in [-0.25, -0.2) is 9.13 Å². The molecule has 0 heterocycles. The van der Waals surface area contributed by atoms with Crippen LogP contribution in [0.25, 0.3) is 0 Å². The summed E-state index contributed by atoms with van der Waals surface area (Å²) in [5.74, 6) is -1.61. The van der Waals surface area contributed by atoms with Crippen molar-refractivity contribution < 1.29 is 75.8 Å². The third-order valence-electron chi connectivity index (χ3n) is 16.5. The second kappa shape index (κ2) is 77.1. The summed E-state index contributed by atoms with van der Waals surface area (Å²) < 4.78 is 61.1. The molecule has 590 valence electrons. The normalized spacial score (nSPS) is 14.7. The van der Waals surface area contributed by atoms with E-state index < -0.39 is 91.5 Å². The molecule has 4 N–H and O–H groups in total. The number of ether oxygens (including phenoxy) is 3. The van der Waals surface area contributed by atoms with Crippen LogP contribution in [0.4, 0.5) is 0 Å². The molecule has 0 radical (unpaired) electrons. The molecular weight excluding hydrogens is 1340 g/mol. The standard InChI is InChI=1S/C85H144O16P2/c1-4-7-10-13-16-19-22-25-28-31-32-33-34-35-36-37-38-39-40-41-42-43-44-45-46-49-51-53-56-59-62-65-68-71-83(88)95-74-80(86)75-97-102(91,92)98-76-81(87)77-99-103(93,94)100-79-82(101-85(90)73-70-67-64-61-58-55-52-48-30-27-24-21-18-15-12-9-6-3)78-96-84(89)72-69-66-63-60-57-54-50-47-29-26-23-20-17-14-11-8-5-2/h7-12,16-21,25-30,32-33,35-36,50,54,80-82,86-87H,4-6,13-15,22-24,31,34,37-49,51-53,55-79H2,1-3H3,(H,91,92)(H,93,94)/b10-7-,11-8-,12-9-,19-16-,20-17-,21-18-,28-25-,29-26-,30-27-,33-32-,36-35-,54-50-. The van der Waals surface area contributed by atoms with Gasteiger partial charge in [-0.15, -0.1) is 0 Å². The molecule has 18 heteroatoms. The number of allylic oxidation sites excluding steroid dienone is 24. The van der Waals surface area contributed by atoms with Gasteiger partial charge in [-0.1, -0.05) is 308 Å². The first-order valence-electron chi connectivity index (χ1n) is 40.1. The lowest BCUT2D eigenvalue weighted by atomic mass is 10.0. The number of aliphatic hydroxyl groups is 2.